The average molecular weight is 626 g/mol. The molecule has 0 unspecified atom stereocenters. The van der Waals surface area contributed by atoms with Crippen molar-refractivity contribution in [2.45, 2.75) is 32.7 Å². The van der Waals surface area contributed by atoms with E-state index >= 15 is 8.78 Å². The summed E-state index contributed by atoms with van der Waals surface area (Å²) < 4.78 is 37.3. The highest BCUT2D eigenvalue weighted by molar-refractivity contribution is 6.04. The number of carbonyl (C=O) groups excluding carboxylic acids is 2. The fourth-order valence-corrected chi connectivity index (χ4v) is 5.95. The number of phenols is 1. The summed E-state index contributed by atoms with van der Waals surface area (Å²) >= 11 is 0. The van der Waals surface area contributed by atoms with Gasteiger partial charge in [-0.1, -0.05) is 38.6 Å². The van der Waals surface area contributed by atoms with Gasteiger partial charge in [0.05, 0.1) is 28.7 Å². The Hall–Kier alpha value is -5.32. The van der Waals surface area contributed by atoms with Crippen LogP contribution < -0.4 is 10.1 Å². The van der Waals surface area contributed by atoms with E-state index in [9.17, 15) is 14.7 Å². The summed E-state index contributed by atoms with van der Waals surface area (Å²) in [6, 6.07) is 12.0. The average Bonchev–Trinajstić information content (AvgIpc) is 3.19. The molecule has 2 aromatic carbocycles. The van der Waals surface area contributed by atoms with E-state index in [-0.39, 0.29) is 49.3 Å². The van der Waals surface area contributed by atoms with Crippen molar-refractivity contribution in [1.29, 1.82) is 0 Å². The van der Waals surface area contributed by atoms with Crippen LogP contribution in [-0.2, 0) is 4.79 Å². The lowest BCUT2D eigenvalue weighted by molar-refractivity contribution is -0.128. The zero-order valence-electron chi connectivity index (χ0n) is 25.7. The molecule has 6 rings (SSSR count). The number of aromatic hydroxyl groups is 1. The molecule has 9 nitrogen and oxygen atoms in total. The zero-order chi connectivity index (χ0) is 32.7. The lowest BCUT2D eigenvalue weighted by atomic mass is 9.99. The molecular weight excluding hydrogens is 592 g/mol. The molecule has 2 aromatic heterocycles. The van der Waals surface area contributed by atoms with Crippen molar-refractivity contribution in [3.8, 4) is 34.0 Å². The highest BCUT2D eigenvalue weighted by Crippen LogP contribution is 2.43. The standard InChI is InChI=1S/C35H33F2N5O4/c1-5-26(44)41-15-16-42-23(17-41)18-46-34-28(35(42)45)32(40-33(29(34)37)27-24(36)7-6-8-25(27)43)21-9-11-22(12-10-21)39-31-20(4)13-14-38-30(31)19(2)3/h5-14,19,23,39,43H,1,15-18H2,2-4H3/t23-/m1/s1. The third-order valence-electron chi connectivity index (χ3n) is 8.35. The molecule has 1 atom stereocenters. The molecule has 4 heterocycles. The number of amides is 2. The van der Waals surface area contributed by atoms with Crippen LogP contribution in [0.2, 0.25) is 0 Å². The number of rotatable bonds is 6. The number of nitrogens with one attached hydrogen (secondary N) is 1. The summed E-state index contributed by atoms with van der Waals surface area (Å²) in [6.45, 7) is 10.2. The van der Waals surface area contributed by atoms with Crippen molar-refractivity contribution in [3.05, 3.63) is 95.8 Å². The summed E-state index contributed by atoms with van der Waals surface area (Å²) in [5.41, 5.74) is 3.03. The summed E-state index contributed by atoms with van der Waals surface area (Å²) in [5.74, 6) is -3.49. The van der Waals surface area contributed by atoms with Crippen LogP contribution in [0.1, 0.15) is 41.4 Å². The molecule has 0 aliphatic carbocycles. The van der Waals surface area contributed by atoms with Crippen molar-refractivity contribution >= 4 is 23.2 Å². The fourth-order valence-electron chi connectivity index (χ4n) is 5.95. The first-order chi connectivity index (χ1) is 22.1. The number of carbonyl (C=O) groups is 2. The quantitative estimate of drug-likeness (QED) is 0.246. The molecule has 46 heavy (non-hydrogen) atoms. The monoisotopic (exact) mass is 625 g/mol. The van der Waals surface area contributed by atoms with Crippen LogP contribution >= 0.6 is 0 Å². The van der Waals surface area contributed by atoms with E-state index in [0.29, 0.717) is 5.56 Å². The molecule has 2 amide bonds. The lowest BCUT2D eigenvalue weighted by Gasteiger charge is -2.39. The Kier molecular flexibility index (Phi) is 8.16. The minimum absolute atomic E-state index is 0.0660. The number of ether oxygens (including phenoxy) is 1. The van der Waals surface area contributed by atoms with E-state index in [1.54, 1.807) is 40.3 Å². The molecule has 2 aliphatic heterocycles. The van der Waals surface area contributed by atoms with Crippen LogP contribution in [0.3, 0.4) is 0 Å². The van der Waals surface area contributed by atoms with Crippen molar-refractivity contribution in [2.75, 3.05) is 31.6 Å². The first-order valence-electron chi connectivity index (χ1n) is 15.0. The van der Waals surface area contributed by atoms with Gasteiger partial charge in [-0.25, -0.2) is 13.8 Å². The molecule has 236 valence electrons. The van der Waals surface area contributed by atoms with E-state index in [1.807, 2.05) is 13.0 Å². The maximum absolute atomic E-state index is 16.3. The van der Waals surface area contributed by atoms with Crippen LogP contribution in [0, 0.1) is 18.6 Å². The van der Waals surface area contributed by atoms with Crippen LogP contribution in [0.25, 0.3) is 22.5 Å². The van der Waals surface area contributed by atoms with E-state index < -0.39 is 46.3 Å². The first kappa shape index (κ1) is 30.7. The number of phenolic OH excluding ortho intramolecular Hbond substituents is 1. The van der Waals surface area contributed by atoms with E-state index in [1.165, 1.54) is 18.2 Å². The number of pyridine rings is 2. The maximum Gasteiger partial charge on any atom is 0.260 e. The number of hydrogen-bond acceptors (Lipinski definition) is 7. The third kappa shape index (κ3) is 5.42. The van der Waals surface area contributed by atoms with Gasteiger partial charge in [0.25, 0.3) is 5.91 Å². The van der Waals surface area contributed by atoms with Gasteiger partial charge in [-0.15, -0.1) is 0 Å². The SMILES string of the molecule is C=CC(=O)N1CCN2C(=O)c3c(-c4ccc(Nc5c(C)ccnc5C(C)C)cc4)nc(-c4c(O)cccc4F)c(F)c3OC[C@H]2C1. The summed E-state index contributed by atoms with van der Waals surface area (Å²) in [4.78, 5) is 38.6. The summed E-state index contributed by atoms with van der Waals surface area (Å²) in [7, 11) is 0. The number of aromatic nitrogens is 2. The van der Waals surface area contributed by atoms with Crippen molar-refractivity contribution < 1.29 is 28.2 Å². The number of fused-ring (bicyclic) bond motifs is 2. The van der Waals surface area contributed by atoms with Crippen LogP contribution in [0.5, 0.6) is 11.5 Å². The van der Waals surface area contributed by atoms with E-state index in [4.69, 9.17) is 4.74 Å². The van der Waals surface area contributed by atoms with Gasteiger partial charge in [0, 0.05) is 37.1 Å². The number of halogens is 2. The number of anilines is 2. The molecule has 2 aliphatic rings. The van der Waals surface area contributed by atoms with E-state index in [2.05, 4.69) is 35.7 Å². The second-order valence-corrected chi connectivity index (χ2v) is 11.7. The highest BCUT2D eigenvalue weighted by Gasteiger charge is 2.40. The molecule has 1 fully saturated rings. The van der Waals surface area contributed by atoms with Crippen molar-refractivity contribution in [1.82, 2.24) is 19.8 Å². The second-order valence-electron chi connectivity index (χ2n) is 11.7. The van der Waals surface area contributed by atoms with Gasteiger partial charge in [-0.2, -0.15) is 0 Å². The molecule has 0 saturated carbocycles. The molecule has 0 spiro atoms. The molecule has 11 heteroatoms. The third-order valence-corrected chi connectivity index (χ3v) is 8.35. The number of hydrogen-bond donors (Lipinski definition) is 2. The smallest absolute Gasteiger partial charge is 0.260 e. The summed E-state index contributed by atoms with van der Waals surface area (Å²) in [5, 5.41) is 14.0. The molecule has 4 aromatic rings. The Labute approximate surface area is 265 Å². The number of aryl methyl sites for hydroxylation is 1. The number of nitrogens with zero attached hydrogens (tertiary/aromatic N) is 4. The van der Waals surface area contributed by atoms with Gasteiger partial charge in [0.1, 0.15) is 29.4 Å². The molecule has 2 N–H and O–H groups in total. The zero-order valence-corrected chi connectivity index (χ0v) is 25.7. The molecular formula is C35H33F2N5O4. The number of benzene rings is 2. The lowest BCUT2D eigenvalue weighted by Crippen LogP contribution is -2.57. The highest BCUT2D eigenvalue weighted by atomic mass is 19.1. The Bertz CT molecular complexity index is 1840. The van der Waals surface area contributed by atoms with Crippen LogP contribution in [-0.4, -0.2) is 69.0 Å². The largest absolute Gasteiger partial charge is 0.507 e. The van der Waals surface area contributed by atoms with Crippen LogP contribution in [0.4, 0.5) is 20.2 Å². The Balaban J connectivity index is 1.47. The minimum Gasteiger partial charge on any atom is -0.507 e. The Morgan fingerprint density at radius 2 is 1.87 bits per heavy atom. The first-order valence-corrected chi connectivity index (χ1v) is 15.0. The molecule has 0 radical (unpaired) electrons. The molecule has 1 saturated heterocycles. The van der Waals surface area contributed by atoms with Gasteiger partial charge in [-0.05, 0) is 54.8 Å². The van der Waals surface area contributed by atoms with Gasteiger partial charge in [0.15, 0.2) is 11.6 Å². The fraction of sp³-hybridized carbons (Fsp3) is 0.257. The predicted molar refractivity (Wildman–Crippen MR) is 170 cm³/mol. The minimum atomic E-state index is -1.07. The van der Waals surface area contributed by atoms with Gasteiger partial charge < -0.3 is 25.0 Å². The second kappa shape index (κ2) is 12.2. The number of piperazine rings is 1. The summed E-state index contributed by atoms with van der Waals surface area (Å²) in [6.07, 6.45) is 2.98. The Morgan fingerprint density at radius 1 is 1.11 bits per heavy atom. The topological polar surface area (TPSA) is 108 Å². The van der Waals surface area contributed by atoms with Gasteiger partial charge >= 0.3 is 0 Å². The van der Waals surface area contributed by atoms with Gasteiger partial charge in [0.2, 0.25) is 5.91 Å². The van der Waals surface area contributed by atoms with Crippen molar-refractivity contribution in [3.63, 3.8) is 0 Å². The van der Waals surface area contributed by atoms with Gasteiger partial charge in [-0.3, -0.25) is 14.6 Å². The maximum atomic E-state index is 16.3. The Morgan fingerprint density at radius 3 is 2.57 bits per heavy atom. The van der Waals surface area contributed by atoms with Crippen molar-refractivity contribution in [2.24, 2.45) is 0 Å². The predicted octanol–water partition coefficient (Wildman–Crippen LogP) is 6.20. The van der Waals surface area contributed by atoms with Crippen LogP contribution in [0.15, 0.2) is 67.4 Å². The van der Waals surface area contributed by atoms with E-state index in [0.717, 1.165) is 28.7 Å². The normalized spacial score (nSPS) is 16.0. The molecule has 0 bridgehead atoms.